The molecular formula is C23H26N2O4S. The molecule has 0 bridgehead atoms. The number of amides is 2. The van der Waals surface area contributed by atoms with Crippen LogP contribution in [-0.2, 0) is 26.0 Å². The van der Waals surface area contributed by atoms with Crippen LogP contribution >= 0.6 is 0 Å². The number of hydrogen-bond acceptors (Lipinski definition) is 4. The lowest BCUT2D eigenvalue weighted by molar-refractivity contribution is -0.139. The van der Waals surface area contributed by atoms with Crippen molar-refractivity contribution in [2.45, 2.75) is 43.0 Å². The molecule has 0 spiro atoms. The van der Waals surface area contributed by atoms with Crippen LogP contribution in [0.4, 0.5) is 0 Å². The second-order valence-corrected chi connectivity index (χ2v) is 9.84. The largest absolute Gasteiger partial charge is 0.341 e. The monoisotopic (exact) mass is 426 g/mol. The molecule has 0 unspecified atom stereocenters. The van der Waals surface area contributed by atoms with Crippen LogP contribution in [0, 0.1) is 5.92 Å². The zero-order valence-electron chi connectivity index (χ0n) is 16.8. The topological polar surface area (TPSA) is 74.8 Å². The molecular weight excluding hydrogens is 400 g/mol. The van der Waals surface area contributed by atoms with Gasteiger partial charge < -0.3 is 4.90 Å². The molecule has 30 heavy (non-hydrogen) atoms. The van der Waals surface area contributed by atoms with E-state index in [9.17, 15) is 18.0 Å². The highest BCUT2D eigenvalue weighted by Gasteiger charge is 2.45. The highest BCUT2D eigenvalue weighted by Crippen LogP contribution is 2.30. The molecule has 2 aromatic carbocycles. The van der Waals surface area contributed by atoms with Crippen molar-refractivity contribution in [3.8, 4) is 0 Å². The molecule has 0 saturated carbocycles. The van der Waals surface area contributed by atoms with Crippen LogP contribution in [0.25, 0.3) is 0 Å². The van der Waals surface area contributed by atoms with E-state index >= 15 is 0 Å². The summed E-state index contributed by atoms with van der Waals surface area (Å²) in [4.78, 5) is 27.4. The molecule has 2 aliphatic rings. The Hall–Kier alpha value is -2.67. The normalized spacial score (nSPS) is 20.5. The standard InChI is InChI=1S/C23H26N2O4S/c26-22-12-11-21(25(22)30(28,29)20-9-5-2-6-10-20)23(27)24-15-13-19(14-16-24)17-18-7-3-1-4-8-18/h1-10,19,21H,11-17H2/t21-/m0/s1. The van der Waals surface area contributed by atoms with Gasteiger partial charge in [0.05, 0.1) is 4.90 Å². The Morgan fingerprint density at radius 2 is 1.50 bits per heavy atom. The molecule has 158 valence electrons. The van der Waals surface area contributed by atoms with Crippen molar-refractivity contribution in [1.82, 2.24) is 9.21 Å². The number of carbonyl (C=O) groups is 2. The van der Waals surface area contributed by atoms with E-state index in [4.69, 9.17) is 0 Å². The molecule has 2 aromatic rings. The van der Waals surface area contributed by atoms with Crippen molar-refractivity contribution in [3.05, 3.63) is 66.2 Å². The van der Waals surface area contributed by atoms with Crippen LogP contribution in [0.1, 0.15) is 31.2 Å². The molecule has 2 heterocycles. The van der Waals surface area contributed by atoms with Gasteiger partial charge in [-0.1, -0.05) is 48.5 Å². The van der Waals surface area contributed by atoms with Crippen molar-refractivity contribution in [2.24, 2.45) is 5.92 Å². The average molecular weight is 427 g/mol. The first-order valence-corrected chi connectivity index (χ1v) is 11.9. The van der Waals surface area contributed by atoms with Crippen LogP contribution in [0.3, 0.4) is 0 Å². The zero-order valence-corrected chi connectivity index (χ0v) is 17.6. The fraction of sp³-hybridized carbons (Fsp3) is 0.391. The summed E-state index contributed by atoms with van der Waals surface area (Å²) in [5, 5.41) is 0. The predicted molar refractivity (Wildman–Crippen MR) is 113 cm³/mol. The first kappa shape index (κ1) is 20.6. The summed E-state index contributed by atoms with van der Waals surface area (Å²) in [7, 11) is -4.04. The van der Waals surface area contributed by atoms with Gasteiger partial charge in [-0.15, -0.1) is 0 Å². The van der Waals surface area contributed by atoms with Gasteiger partial charge in [-0.2, -0.15) is 0 Å². The van der Waals surface area contributed by atoms with E-state index < -0.39 is 22.0 Å². The summed E-state index contributed by atoms with van der Waals surface area (Å²) in [6.45, 7) is 1.19. The lowest BCUT2D eigenvalue weighted by atomic mass is 9.90. The van der Waals surface area contributed by atoms with E-state index in [-0.39, 0.29) is 23.6 Å². The van der Waals surface area contributed by atoms with Crippen LogP contribution in [0.2, 0.25) is 0 Å². The van der Waals surface area contributed by atoms with Crippen molar-refractivity contribution in [1.29, 1.82) is 0 Å². The molecule has 2 saturated heterocycles. The molecule has 0 radical (unpaired) electrons. The lowest BCUT2D eigenvalue weighted by Gasteiger charge is -2.35. The Kier molecular flexibility index (Phi) is 5.90. The van der Waals surface area contributed by atoms with Crippen molar-refractivity contribution >= 4 is 21.8 Å². The molecule has 2 fully saturated rings. The summed E-state index contributed by atoms with van der Waals surface area (Å²) in [5.41, 5.74) is 1.30. The first-order valence-electron chi connectivity index (χ1n) is 10.4. The van der Waals surface area contributed by atoms with Gasteiger partial charge in [0, 0.05) is 19.5 Å². The third kappa shape index (κ3) is 4.12. The van der Waals surface area contributed by atoms with Crippen molar-refractivity contribution < 1.29 is 18.0 Å². The third-order valence-electron chi connectivity index (χ3n) is 6.04. The Morgan fingerprint density at radius 3 is 2.13 bits per heavy atom. The number of hydrogen-bond donors (Lipinski definition) is 0. The van der Waals surface area contributed by atoms with Crippen LogP contribution < -0.4 is 0 Å². The highest BCUT2D eigenvalue weighted by molar-refractivity contribution is 7.89. The molecule has 6 nitrogen and oxygen atoms in total. The van der Waals surface area contributed by atoms with Gasteiger partial charge in [0.1, 0.15) is 6.04 Å². The van der Waals surface area contributed by atoms with E-state index in [1.54, 1.807) is 23.1 Å². The fourth-order valence-electron chi connectivity index (χ4n) is 4.41. The number of likely N-dealkylation sites (tertiary alicyclic amines) is 1. The first-order chi connectivity index (χ1) is 14.5. The molecule has 1 atom stereocenters. The Bertz CT molecular complexity index is 1000. The molecule has 4 rings (SSSR count). The second-order valence-electron chi connectivity index (χ2n) is 8.02. The predicted octanol–water partition coefficient (Wildman–Crippen LogP) is 2.85. The van der Waals surface area contributed by atoms with Gasteiger partial charge in [-0.25, -0.2) is 12.7 Å². The number of piperidine rings is 1. The smallest absolute Gasteiger partial charge is 0.267 e. The average Bonchev–Trinajstić information content (AvgIpc) is 3.17. The maximum atomic E-state index is 13.2. The van der Waals surface area contributed by atoms with Crippen molar-refractivity contribution in [3.63, 3.8) is 0 Å². The van der Waals surface area contributed by atoms with Gasteiger partial charge >= 0.3 is 0 Å². The minimum absolute atomic E-state index is 0.0413. The van der Waals surface area contributed by atoms with Gasteiger partial charge in [0.2, 0.25) is 11.8 Å². The summed E-state index contributed by atoms with van der Waals surface area (Å²) in [6, 6.07) is 17.2. The zero-order chi connectivity index (χ0) is 21.1. The summed E-state index contributed by atoms with van der Waals surface area (Å²) in [6.07, 6.45) is 3.07. The Labute approximate surface area is 177 Å². The maximum Gasteiger partial charge on any atom is 0.267 e. The number of benzene rings is 2. The SMILES string of the molecule is O=C([C@@H]1CCC(=O)N1S(=O)(=O)c1ccccc1)N1CCC(Cc2ccccc2)CC1. The van der Waals surface area contributed by atoms with E-state index in [0.29, 0.717) is 19.0 Å². The Balaban J connectivity index is 1.43. The van der Waals surface area contributed by atoms with E-state index in [1.807, 2.05) is 18.2 Å². The number of carbonyl (C=O) groups excluding carboxylic acids is 2. The van der Waals surface area contributed by atoms with Crippen LogP contribution in [-0.4, -0.2) is 48.6 Å². The lowest BCUT2D eigenvalue weighted by Crippen LogP contribution is -2.51. The van der Waals surface area contributed by atoms with Crippen molar-refractivity contribution in [2.75, 3.05) is 13.1 Å². The fourth-order valence-corrected chi connectivity index (χ4v) is 6.03. The summed E-state index contributed by atoms with van der Waals surface area (Å²) < 4.78 is 26.9. The van der Waals surface area contributed by atoms with Gasteiger partial charge in [-0.3, -0.25) is 9.59 Å². The second kappa shape index (κ2) is 8.60. The molecule has 0 N–H and O–H groups in total. The highest BCUT2D eigenvalue weighted by atomic mass is 32.2. The van der Waals surface area contributed by atoms with E-state index in [1.165, 1.54) is 17.7 Å². The maximum absolute atomic E-state index is 13.2. The number of sulfonamides is 1. The Morgan fingerprint density at radius 1 is 0.900 bits per heavy atom. The van der Waals surface area contributed by atoms with E-state index in [0.717, 1.165) is 23.6 Å². The summed E-state index contributed by atoms with van der Waals surface area (Å²) >= 11 is 0. The van der Waals surface area contributed by atoms with Crippen LogP contribution in [0.15, 0.2) is 65.6 Å². The summed E-state index contributed by atoms with van der Waals surface area (Å²) in [5.74, 6) is -0.250. The minimum Gasteiger partial charge on any atom is -0.341 e. The number of rotatable bonds is 5. The molecule has 0 aliphatic carbocycles. The quantitative estimate of drug-likeness (QED) is 0.737. The van der Waals surface area contributed by atoms with Crippen LogP contribution in [0.5, 0.6) is 0 Å². The molecule has 2 amide bonds. The molecule has 7 heteroatoms. The minimum atomic E-state index is -4.04. The van der Waals surface area contributed by atoms with Gasteiger partial charge in [-0.05, 0) is 49.3 Å². The third-order valence-corrected chi connectivity index (χ3v) is 7.88. The molecule has 0 aromatic heterocycles. The number of nitrogens with zero attached hydrogens (tertiary/aromatic N) is 2. The van der Waals surface area contributed by atoms with Gasteiger partial charge in [0.15, 0.2) is 0 Å². The van der Waals surface area contributed by atoms with Gasteiger partial charge in [0.25, 0.3) is 10.0 Å². The molecule has 2 aliphatic heterocycles. The van der Waals surface area contributed by atoms with E-state index in [2.05, 4.69) is 12.1 Å².